The van der Waals surface area contributed by atoms with Crippen molar-refractivity contribution in [2.75, 3.05) is 30.9 Å². The van der Waals surface area contributed by atoms with Crippen LogP contribution < -0.4 is 10.2 Å². The Morgan fingerprint density at radius 2 is 1.59 bits per heavy atom. The number of nitrogens with zero attached hydrogens (tertiary/aromatic N) is 2. The number of carbonyl (C=O) groups is 1. The largest absolute Gasteiger partial charge is 0.378 e. The summed E-state index contributed by atoms with van der Waals surface area (Å²) in [5.74, 6) is 0.0387. The summed E-state index contributed by atoms with van der Waals surface area (Å²) in [6.07, 6.45) is 0. The first kappa shape index (κ1) is 21.0. The van der Waals surface area contributed by atoms with Crippen LogP contribution in [0.3, 0.4) is 0 Å². The second-order valence-corrected chi connectivity index (χ2v) is 7.56. The van der Waals surface area contributed by atoms with Gasteiger partial charge in [-0.3, -0.25) is 9.69 Å². The van der Waals surface area contributed by atoms with Gasteiger partial charge in [0, 0.05) is 32.0 Å². The van der Waals surface area contributed by atoms with Crippen LogP contribution in [0.5, 0.6) is 0 Å². The first-order valence-corrected chi connectivity index (χ1v) is 9.62. The van der Waals surface area contributed by atoms with Crippen LogP contribution in [-0.4, -0.2) is 37.5 Å². The van der Waals surface area contributed by atoms with Crippen LogP contribution in [0.2, 0.25) is 0 Å². The van der Waals surface area contributed by atoms with Crippen molar-refractivity contribution in [3.05, 3.63) is 58.7 Å². The maximum atomic E-state index is 12.9. The molecule has 1 atom stereocenters. The van der Waals surface area contributed by atoms with Crippen molar-refractivity contribution in [2.24, 2.45) is 0 Å². The van der Waals surface area contributed by atoms with Crippen molar-refractivity contribution >= 4 is 17.3 Å². The third-order valence-corrected chi connectivity index (χ3v) is 5.10. The van der Waals surface area contributed by atoms with Gasteiger partial charge in [0.05, 0.1) is 6.04 Å². The summed E-state index contributed by atoms with van der Waals surface area (Å²) in [6, 6.07) is 12.5. The minimum Gasteiger partial charge on any atom is -0.378 e. The van der Waals surface area contributed by atoms with E-state index in [1.54, 1.807) is 0 Å². The summed E-state index contributed by atoms with van der Waals surface area (Å²) < 4.78 is 0. The van der Waals surface area contributed by atoms with E-state index in [9.17, 15) is 4.79 Å². The second kappa shape index (κ2) is 9.05. The molecule has 4 heteroatoms. The van der Waals surface area contributed by atoms with Crippen molar-refractivity contribution in [1.82, 2.24) is 4.90 Å². The first-order valence-electron chi connectivity index (χ1n) is 9.62. The van der Waals surface area contributed by atoms with Gasteiger partial charge in [0.15, 0.2) is 0 Å². The number of likely N-dealkylation sites (N-methyl/N-ethyl adjacent to an activating group) is 1. The van der Waals surface area contributed by atoms with Gasteiger partial charge in [-0.05, 0) is 63.1 Å². The van der Waals surface area contributed by atoms with Gasteiger partial charge in [-0.1, -0.05) is 36.8 Å². The number of nitrogens with one attached hydrogen (secondary N) is 1. The highest BCUT2D eigenvalue weighted by Crippen LogP contribution is 2.23. The lowest BCUT2D eigenvalue weighted by Crippen LogP contribution is -2.41. The van der Waals surface area contributed by atoms with Crippen LogP contribution in [0.4, 0.5) is 11.4 Å². The zero-order valence-electron chi connectivity index (χ0n) is 17.8. The average Bonchev–Trinajstić information content (AvgIpc) is 2.62. The fraction of sp³-hybridized carbons (Fsp3) is 0.435. The Morgan fingerprint density at radius 1 is 1.04 bits per heavy atom. The van der Waals surface area contributed by atoms with Crippen LogP contribution in [-0.2, 0) is 11.3 Å². The molecule has 0 radical (unpaired) electrons. The van der Waals surface area contributed by atoms with Gasteiger partial charge in [-0.2, -0.15) is 0 Å². The zero-order chi connectivity index (χ0) is 20.1. The molecule has 0 fully saturated rings. The standard InChI is InChI=1S/C23H33N3O/c1-8-26(15-20-9-11-21(12-10-20)25(6)7)19(5)23(27)24-22-17(3)13-16(2)14-18(22)4/h9-14,19H,8,15H2,1-7H3,(H,24,27)/t19-/m0/s1. The van der Waals surface area contributed by atoms with Crippen LogP contribution in [0.1, 0.15) is 36.1 Å². The number of aryl methyl sites for hydroxylation is 3. The molecular weight excluding hydrogens is 334 g/mol. The van der Waals surface area contributed by atoms with E-state index in [1.165, 1.54) is 16.8 Å². The van der Waals surface area contributed by atoms with E-state index in [0.717, 1.165) is 29.9 Å². The molecular formula is C23H33N3O. The first-order chi connectivity index (χ1) is 12.7. The van der Waals surface area contributed by atoms with Crippen molar-refractivity contribution in [3.63, 3.8) is 0 Å². The highest BCUT2D eigenvalue weighted by molar-refractivity contribution is 5.96. The minimum atomic E-state index is -0.205. The molecule has 0 heterocycles. The number of amides is 1. The molecule has 0 spiro atoms. The van der Waals surface area contributed by atoms with E-state index in [1.807, 2.05) is 34.9 Å². The molecule has 0 bridgehead atoms. The number of hydrogen-bond donors (Lipinski definition) is 1. The van der Waals surface area contributed by atoms with E-state index >= 15 is 0 Å². The van der Waals surface area contributed by atoms with Crippen LogP contribution in [0, 0.1) is 20.8 Å². The maximum absolute atomic E-state index is 12.9. The Balaban J connectivity index is 2.09. The Labute approximate surface area is 164 Å². The Kier molecular flexibility index (Phi) is 7.03. The number of rotatable bonds is 7. The average molecular weight is 368 g/mol. The van der Waals surface area contributed by atoms with Gasteiger partial charge in [0.2, 0.25) is 5.91 Å². The fourth-order valence-electron chi connectivity index (χ4n) is 3.43. The molecule has 27 heavy (non-hydrogen) atoms. The third kappa shape index (κ3) is 5.33. The molecule has 1 amide bonds. The summed E-state index contributed by atoms with van der Waals surface area (Å²) >= 11 is 0. The van der Waals surface area contributed by atoms with Crippen molar-refractivity contribution in [2.45, 2.75) is 47.2 Å². The Bertz CT molecular complexity index is 758. The molecule has 0 saturated carbocycles. The smallest absolute Gasteiger partial charge is 0.241 e. The predicted octanol–water partition coefficient (Wildman–Crippen LogP) is 4.53. The summed E-state index contributed by atoms with van der Waals surface area (Å²) in [5, 5.41) is 3.14. The molecule has 0 unspecified atom stereocenters. The topological polar surface area (TPSA) is 35.6 Å². The summed E-state index contributed by atoms with van der Waals surface area (Å²) in [5.41, 5.74) is 6.75. The molecule has 2 rings (SSSR count). The number of benzene rings is 2. The second-order valence-electron chi connectivity index (χ2n) is 7.56. The van der Waals surface area contributed by atoms with E-state index < -0.39 is 0 Å². The van der Waals surface area contributed by atoms with Gasteiger partial charge >= 0.3 is 0 Å². The molecule has 2 aromatic carbocycles. The van der Waals surface area contributed by atoms with E-state index in [0.29, 0.717) is 0 Å². The van der Waals surface area contributed by atoms with Gasteiger partial charge in [-0.25, -0.2) is 0 Å². The van der Waals surface area contributed by atoms with Crippen LogP contribution >= 0.6 is 0 Å². The number of hydrogen-bond acceptors (Lipinski definition) is 3. The van der Waals surface area contributed by atoms with E-state index in [-0.39, 0.29) is 11.9 Å². The molecule has 2 aromatic rings. The van der Waals surface area contributed by atoms with Gasteiger partial charge in [0.25, 0.3) is 0 Å². The SMILES string of the molecule is CCN(Cc1ccc(N(C)C)cc1)[C@@H](C)C(=O)Nc1c(C)cc(C)cc1C. The van der Waals surface area contributed by atoms with Gasteiger partial charge < -0.3 is 10.2 Å². The Morgan fingerprint density at radius 3 is 2.07 bits per heavy atom. The minimum absolute atomic E-state index is 0.0387. The lowest BCUT2D eigenvalue weighted by atomic mass is 10.0. The van der Waals surface area contributed by atoms with Gasteiger partial charge in [0.1, 0.15) is 0 Å². The molecule has 0 aliphatic heterocycles. The highest BCUT2D eigenvalue weighted by Gasteiger charge is 2.21. The van der Waals surface area contributed by atoms with Crippen molar-refractivity contribution in [1.29, 1.82) is 0 Å². The van der Waals surface area contributed by atoms with Gasteiger partial charge in [-0.15, -0.1) is 0 Å². The summed E-state index contributed by atoms with van der Waals surface area (Å²) in [4.78, 5) is 17.2. The lowest BCUT2D eigenvalue weighted by Gasteiger charge is -2.28. The van der Waals surface area contributed by atoms with E-state index in [2.05, 4.69) is 65.4 Å². The zero-order valence-corrected chi connectivity index (χ0v) is 17.8. The molecule has 146 valence electrons. The van der Waals surface area contributed by atoms with Crippen molar-refractivity contribution in [3.8, 4) is 0 Å². The molecule has 0 aliphatic rings. The quantitative estimate of drug-likeness (QED) is 0.781. The number of anilines is 2. The predicted molar refractivity (Wildman–Crippen MR) is 116 cm³/mol. The monoisotopic (exact) mass is 367 g/mol. The summed E-state index contributed by atoms with van der Waals surface area (Å²) in [7, 11) is 4.07. The van der Waals surface area contributed by atoms with Crippen LogP contribution in [0.25, 0.3) is 0 Å². The van der Waals surface area contributed by atoms with Crippen LogP contribution in [0.15, 0.2) is 36.4 Å². The molecule has 0 aromatic heterocycles. The lowest BCUT2D eigenvalue weighted by molar-refractivity contribution is -0.120. The third-order valence-electron chi connectivity index (χ3n) is 5.10. The number of carbonyl (C=O) groups excluding carboxylic acids is 1. The highest BCUT2D eigenvalue weighted by atomic mass is 16.2. The van der Waals surface area contributed by atoms with Crippen molar-refractivity contribution < 1.29 is 4.79 Å². The molecule has 4 nitrogen and oxygen atoms in total. The van der Waals surface area contributed by atoms with E-state index in [4.69, 9.17) is 0 Å². The molecule has 1 N–H and O–H groups in total. The normalized spacial score (nSPS) is 12.1. The fourth-order valence-corrected chi connectivity index (χ4v) is 3.43. The summed E-state index contributed by atoms with van der Waals surface area (Å²) in [6.45, 7) is 11.8. The molecule has 0 saturated heterocycles. The maximum Gasteiger partial charge on any atom is 0.241 e. The Hall–Kier alpha value is -2.33. The molecule has 0 aliphatic carbocycles.